The van der Waals surface area contributed by atoms with E-state index in [1.165, 1.54) is 37.3 Å². The first kappa shape index (κ1) is 13.8. The van der Waals surface area contributed by atoms with Gasteiger partial charge in [-0.2, -0.15) is 0 Å². The molecule has 2 fully saturated rings. The molecule has 0 bridgehead atoms. The van der Waals surface area contributed by atoms with E-state index in [-0.39, 0.29) is 0 Å². The van der Waals surface area contributed by atoms with Gasteiger partial charge in [0.05, 0.1) is 0 Å². The molecule has 2 unspecified atom stereocenters. The molecule has 0 amide bonds. The smallest absolute Gasteiger partial charge is 0.0397 e. The highest BCUT2D eigenvalue weighted by atomic mass is 15.3. The van der Waals surface area contributed by atoms with E-state index in [1.54, 1.807) is 0 Å². The molecule has 3 nitrogen and oxygen atoms in total. The molecule has 2 aromatic rings. The van der Waals surface area contributed by atoms with Crippen LogP contribution in [0.25, 0.3) is 0 Å². The van der Waals surface area contributed by atoms with Crippen LogP contribution in [0.15, 0.2) is 54.9 Å². The van der Waals surface area contributed by atoms with Crippen LogP contribution in [0.2, 0.25) is 0 Å². The molecule has 0 radical (unpaired) electrons. The predicted molar refractivity (Wildman–Crippen MR) is 90.2 cm³/mol. The van der Waals surface area contributed by atoms with Crippen molar-refractivity contribution in [3.05, 3.63) is 60.4 Å². The van der Waals surface area contributed by atoms with E-state index in [4.69, 9.17) is 0 Å². The summed E-state index contributed by atoms with van der Waals surface area (Å²) in [5, 5.41) is 0. The Morgan fingerprint density at radius 2 is 1.64 bits per heavy atom. The van der Waals surface area contributed by atoms with Gasteiger partial charge in [0.15, 0.2) is 0 Å². The molecule has 114 valence electrons. The summed E-state index contributed by atoms with van der Waals surface area (Å²) in [7, 11) is 0. The summed E-state index contributed by atoms with van der Waals surface area (Å²) >= 11 is 0. The first-order valence-electron chi connectivity index (χ1n) is 8.32. The van der Waals surface area contributed by atoms with Gasteiger partial charge in [0.1, 0.15) is 0 Å². The van der Waals surface area contributed by atoms with Crippen molar-refractivity contribution in [1.82, 2.24) is 9.88 Å². The molecule has 1 aromatic carbocycles. The van der Waals surface area contributed by atoms with Crippen LogP contribution in [0, 0.1) is 5.92 Å². The second kappa shape index (κ2) is 6.09. The first-order chi connectivity index (χ1) is 10.9. The molecule has 1 aliphatic carbocycles. The average molecular weight is 293 g/mol. The van der Waals surface area contributed by atoms with Crippen molar-refractivity contribution in [2.24, 2.45) is 5.92 Å². The van der Waals surface area contributed by atoms with Crippen LogP contribution in [-0.2, 0) is 0 Å². The summed E-state index contributed by atoms with van der Waals surface area (Å²) in [4.78, 5) is 9.22. The van der Waals surface area contributed by atoms with Gasteiger partial charge in [-0.05, 0) is 36.0 Å². The number of piperazine rings is 1. The lowest BCUT2D eigenvalue weighted by molar-refractivity contribution is 0.246. The lowest BCUT2D eigenvalue weighted by Crippen LogP contribution is -2.47. The molecule has 22 heavy (non-hydrogen) atoms. The van der Waals surface area contributed by atoms with E-state index in [1.807, 2.05) is 12.4 Å². The molecule has 1 aromatic heterocycles. The number of aromatic nitrogens is 1. The van der Waals surface area contributed by atoms with Crippen molar-refractivity contribution in [3.63, 3.8) is 0 Å². The van der Waals surface area contributed by atoms with Crippen molar-refractivity contribution >= 4 is 5.69 Å². The predicted octanol–water partition coefficient (Wildman–Crippen LogP) is 3.01. The summed E-state index contributed by atoms with van der Waals surface area (Å²) in [5.41, 5.74) is 2.84. The van der Waals surface area contributed by atoms with E-state index >= 15 is 0 Å². The minimum Gasteiger partial charge on any atom is -0.369 e. The molecule has 0 spiro atoms. The highest BCUT2D eigenvalue weighted by molar-refractivity contribution is 5.45. The van der Waals surface area contributed by atoms with Crippen LogP contribution < -0.4 is 4.90 Å². The number of pyridine rings is 1. The van der Waals surface area contributed by atoms with Gasteiger partial charge in [-0.15, -0.1) is 0 Å². The third kappa shape index (κ3) is 3.00. The Kier molecular flexibility index (Phi) is 3.81. The Morgan fingerprint density at radius 1 is 0.909 bits per heavy atom. The highest BCUT2D eigenvalue weighted by Crippen LogP contribution is 2.47. The van der Waals surface area contributed by atoms with E-state index in [0.717, 1.165) is 24.9 Å². The monoisotopic (exact) mass is 293 g/mol. The maximum Gasteiger partial charge on any atom is 0.0397 e. The fraction of sp³-hybridized carbons (Fsp3) is 0.421. The number of hydrogen-bond donors (Lipinski definition) is 0. The van der Waals surface area contributed by atoms with Crippen molar-refractivity contribution < 1.29 is 0 Å². The molecule has 1 aliphatic heterocycles. The Bertz CT molecular complexity index is 591. The Labute approximate surface area is 132 Å². The third-order valence-electron chi connectivity index (χ3n) is 5.04. The molecule has 4 rings (SSSR count). The zero-order valence-electron chi connectivity index (χ0n) is 12.9. The first-order valence-corrected chi connectivity index (χ1v) is 8.32. The molecule has 0 N–H and O–H groups in total. The maximum atomic E-state index is 4.10. The summed E-state index contributed by atoms with van der Waals surface area (Å²) in [6.07, 6.45) is 5.14. The van der Waals surface area contributed by atoms with Crippen LogP contribution in [0.5, 0.6) is 0 Å². The lowest BCUT2D eigenvalue weighted by atomic mass is 10.1. The van der Waals surface area contributed by atoms with Gasteiger partial charge in [0.2, 0.25) is 0 Å². The van der Waals surface area contributed by atoms with Gasteiger partial charge in [-0.3, -0.25) is 9.88 Å². The van der Waals surface area contributed by atoms with Crippen LogP contribution >= 0.6 is 0 Å². The minimum atomic E-state index is 0.805. The average Bonchev–Trinajstić information content (AvgIpc) is 3.36. The van der Waals surface area contributed by atoms with Crippen LogP contribution in [-0.4, -0.2) is 42.6 Å². The molecular weight excluding hydrogens is 270 g/mol. The van der Waals surface area contributed by atoms with Gasteiger partial charge >= 0.3 is 0 Å². The number of anilines is 1. The number of benzene rings is 1. The molecule has 2 atom stereocenters. The van der Waals surface area contributed by atoms with Crippen molar-refractivity contribution in [2.75, 3.05) is 37.6 Å². The van der Waals surface area contributed by atoms with Crippen LogP contribution in [0.1, 0.15) is 17.9 Å². The van der Waals surface area contributed by atoms with Crippen molar-refractivity contribution in [3.8, 4) is 0 Å². The lowest BCUT2D eigenvalue weighted by Gasteiger charge is -2.36. The number of hydrogen-bond acceptors (Lipinski definition) is 3. The van der Waals surface area contributed by atoms with Gasteiger partial charge in [-0.25, -0.2) is 0 Å². The van der Waals surface area contributed by atoms with E-state index in [2.05, 4.69) is 57.2 Å². The number of rotatable bonds is 4. The second-order valence-electron chi connectivity index (χ2n) is 6.51. The van der Waals surface area contributed by atoms with Gasteiger partial charge in [0, 0.05) is 50.8 Å². The molecule has 2 aliphatic rings. The van der Waals surface area contributed by atoms with Crippen molar-refractivity contribution in [2.45, 2.75) is 12.3 Å². The molecule has 1 saturated carbocycles. The minimum absolute atomic E-state index is 0.805. The van der Waals surface area contributed by atoms with Crippen LogP contribution in [0.3, 0.4) is 0 Å². The topological polar surface area (TPSA) is 19.4 Å². The fourth-order valence-electron chi connectivity index (χ4n) is 3.63. The Morgan fingerprint density at radius 3 is 2.36 bits per heavy atom. The molecule has 3 heteroatoms. The van der Waals surface area contributed by atoms with Gasteiger partial charge < -0.3 is 4.90 Å². The van der Waals surface area contributed by atoms with Gasteiger partial charge in [0.25, 0.3) is 0 Å². The Balaban J connectivity index is 1.27. The normalized spacial score (nSPS) is 25.2. The summed E-state index contributed by atoms with van der Waals surface area (Å²) < 4.78 is 0. The van der Waals surface area contributed by atoms with Crippen LogP contribution in [0.4, 0.5) is 5.69 Å². The van der Waals surface area contributed by atoms with Gasteiger partial charge in [-0.1, -0.05) is 30.3 Å². The highest BCUT2D eigenvalue weighted by Gasteiger charge is 2.39. The maximum absolute atomic E-state index is 4.10. The SMILES string of the molecule is c1ccc(C2CC2CN2CCN(c3ccncc3)CC2)cc1. The molecular formula is C19H23N3. The van der Waals surface area contributed by atoms with E-state index in [0.29, 0.717) is 0 Å². The standard InChI is InChI=1S/C19H23N3/c1-2-4-16(5-3-1)19-14-17(19)15-21-10-12-22(13-11-21)18-6-8-20-9-7-18/h1-9,17,19H,10-15H2. The fourth-order valence-corrected chi connectivity index (χ4v) is 3.63. The second-order valence-corrected chi connectivity index (χ2v) is 6.51. The summed E-state index contributed by atoms with van der Waals surface area (Å²) in [6.45, 7) is 5.89. The van der Waals surface area contributed by atoms with E-state index < -0.39 is 0 Å². The summed E-state index contributed by atoms with van der Waals surface area (Å²) in [5.74, 6) is 1.68. The quantitative estimate of drug-likeness (QED) is 0.864. The third-order valence-corrected chi connectivity index (χ3v) is 5.04. The zero-order valence-corrected chi connectivity index (χ0v) is 12.9. The number of nitrogens with zero attached hydrogens (tertiary/aromatic N) is 3. The van der Waals surface area contributed by atoms with Crippen molar-refractivity contribution in [1.29, 1.82) is 0 Å². The molecule has 1 saturated heterocycles. The summed E-state index contributed by atoms with van der Waals surface area (Å²) in [6, 6.07) is 15.2. The Hall–Kier alpha value is -1.87. The largest absolute Gasteiger partial charge is 0.369 e. The molecule has 2 heterocycles. The van der Waals surface area contributed by atoms with E-state index in [9.17, 15) is 0 Å². The zero-order chi connectivity index (χ0) is 14.8.